The first-order valence-corrected chi connectivity index (χ1v) is 5.52. The fraction of sp³-hybridized carbons (Fsp3) is 0.200. The summed E-state index contributed by atoms with van der Waals surface area (Å²) in [5.41, 5.74) is 5.97. The van der Waals surface area contributed by atoms with Crippen molar-refractivity contribution in [3.8, 4) is 11.1 Å². The van der Waals surface area contributed by atoms with Gasteiger partial charge in [0.15, 0.2) is 6.17 Å². The molecular formula is C15H13F. The van der Waals surface area contributed by atoms with Crippen molar-refractivity contribution in [1.29, 1.82) is 0 Å². The summed E-state index contributed by atoms with van der Waals surface area (Å²) in [4.78, 5) is 0. The highest BCUT2D eigenvalue weighted by Crippen LogP contribution is 2.45. The number of halogens is 1. The van der Waals surface area contributed by atoms with Gasteiger partial charge in [0.1, 0.15) is 0 Å². The third kappa shape index (κ3) is 1.21. The number of benzene rings is 2. The number of alkyl halides is 1. The van der Waals surface area contributed by atoms with E-state index in [1.54, 1.807) is 0 Å². The molecule has 16 heavy (non-hydrogen) atoms. The average molecular weight is 212 g/mol. The van der Waals surface area contributed by atoms with Crippen molar-refractivity contribution < 1.29 is 4.39 Å². The predicted octanol–water partition coefficient (Wildman–Crippen LogP) is 4.34. The van der Waals surface area contributed by atoms with Crippen molar-refractivity contribution in [2.45, 2.75) is 20.0 Å². The SMILES string of the molecule is Cc1ccc2c(c1)C(F)c1cc(C)ccc1-2. The van der Waals surface area contributed by atoms with E-state index in [2.05, 4.69) is 0 Å². The van der Waals surface area contributed by atoms with Crippen molar-refractivity contribution >= 4 is 0 Å². The largest absolute Gasteiger partial charge is 0.237 e. The molecule has 2 aromatic carbocycles. The Balaban J connectivity index is 2.30. The lowest BCUT2D eigenvalue weighted by Crippen LogP contribution is -1.88. The fourth-order valence-electron chi connectivity index (χ4n) is 2.44. The molecule has 0 unspecified atom stereocenters. The molecule has 0 N–H and O–H groups in total. The molecule has 0 aromatic heterocycles. The fourth-order valence-corrected chi connectivity index (χ4v) is 2.44. The van der Waals surface area contributed by atoms with Gasteiger partial charge in [0.25, 0.3) is 0 Å². The summed E-state index contributed by atoms with van der Waals surface area (Å²) in [6.07, 6.45) is -0.954. The minimum absolute atomic E-state index is 0.820. The zero-order valence-corrected chi connectivity index (χ0v) is 9.42. The van der Waals surface area contributed by atoms with Crippen LogP contribution in [0, 0.1) is 13.8 Å². The molecule has 1 heteroatoms. The summed E-state index contributed by atoms with van der Waals surface area (Å²) in [5, 5.41) is 0. The first kappa shape index (κ1) is 9.59. The van der Waals surface area contributed by atoms with Crippen LogP contribution in [0.3, 0.4) is 0 Å². The molecule has 0 fully saturated rings. The van der Waals surface area contributed by atoms with Gasteiger partial charge in [0.05, 0.1) is 0 Å². The number of fused-ring (bicyclic) bond motifs is 3. The molecule has 0 spiro atoms. The highest BCUT2D eigenvalue weighted by Gasteiger charge is 2.28. The molecule has 1 aliphatic rings. The molecule has 2 aromatic rings. The first-order chi connectivity index (χ1) is 7.66. The Morgan fingerprint density at radius 3 is 1.69 bits per heavy atom. The van der Waals surface area contributed by atoms with Gasteiger partial charge in [-0.15, -0.1) is 0 Å². The van der Waals surface area contributed by atoms with Gasteiger partial charge in [-0.05, 0) is 36.1 Å². The molecule has 0 heterocycles. The second kappa shape index (κ2) is 3.18. The third-order valence-electron chi connectivity index (χ3n) is 3.25. The van der Waals surface area contributed by atoms with Crippen molar-refractivity contribution in [1.82, 2.24) is 0 Å². The molecule has 0 atom stereocenters. The Bertz CT molecular complexity index is 518. The summed E-state index contributed by atoms with van der Waals surface area (Å²) in [7, 11) is 0. The minimum Gasteiger partial charge on any atom is -0.237 e. The molecule has 0 amide bonds. The smallest absolute Gasteiger partial charge is 0.151 e. The van der Waals surface area contributed by atoms with E-state index in [1.807, 2.05) is 50.2 Å². The van der Waals surface area contributed by atoms with E-state index in [0.29, 0.717) is 0 Å². The van der Waals surface area contributed by atoms with Crippen molar-refractivity contribution in [2.75, 3.05) is 0 Å². The lowest BCUT2D eigenvalue weighted by atomic mass is 10.0. The van der Waals surface area contributed by atoms with E-state index in [9.17, 15) is 4.39 Å². The summed E-state index contributed by atoms with van der Waals surface area (Å²) in [5.74, 6) is 0. The van der Waals surface area contributed by atoms with E-state index in [1.165, 1.54) is 0 Å². The van der Waals surface area contributed by atoms with Crippen LogP contribution in [0.2, 0.25) is 0 Å². The van der Waals surface area contributed by atoms with Crippen LogP contribution in [0.15, 0.2) is 36.4 Å². The van der Waals surface area contributed by atoms with Gasteiger partial charge >= 0.3 is 0 Å². The normalized spacial score (nSPS) is 13.7. The topological polar surface area (TPSA) is 0 Å². The van der Waals surface area contributed by atoms with Gasteiger partial charge in [-0.3, -0.25) is 0 Å². The third-order valence-corrected chi connectivity index (χ3v) is 3.25. The Morgan fingerprint density at radius 1 is 0.812 bits per heavy atom. The highest BCUT2D eigenvalue weighted by atomic mass is 19.1. The molecule has 0 radical (unpaired) electrons. The molecular weight excluding hydrogens is 199 g/mol. The zero-order valence-electron chi connectivity index (χ0n) is 9.42. The summed E-state index contributed by atoms with van der Waals surface area (Å²) in [6, 6.07) is 12.0. The van der Waals surface area contributed by atoms with Gasteiger partial charge < -0.3 is 0 Å². The second-order valence-corrected chi connectivity index (χ2v) is 4.54. The molecule has 0 saturated heterocycles. The van der Waals surface area contributed by atoms with Crippen LogP contribution in [0.1, 0.15) is 28.4 Å². The van der Waals surface area contributed by atoms with Gasteiger partial charge in [0.2, 0.25) is 0 Å². The Labute approximate surface area is 94.7 Å². The molecule has 0 saturated carbocycles. The molecule has 80 valence electrons. The van der Waals surface area contributed by atoms with E-state index in [-0.39, 0.29) is 0 Å². The van der Waals surface area contributed by atoms with Gasteiger partial charge in [-0.25, -0.2) is 4.39 Å². The molecule has 1 aliphatic carbocycles. The van der Waals surface area contributed by atoms with Crippen LogP contribution in [0.25, 0.3) is 11.1 Å². The predicted molar refractivity (Wildman–Crippen MR) is 64.3 cm³/mol. The number of hydrogen-bond donors (Lipinski definition) is 0. The number of aryl methyl sites for hydroxylation is 2. The maximum absolute atomic E-state index is 14.3. The molecule has 0 bridgehead atoms. The van der Waals surface area contributed by atoms with E-state index < -0.39 is 6.17 Å². The Kier molecular flexibility index (Phi) is 1.90. The van der Waals surface area contributed by atoms with Crippen molar-refractivity contribution in [3.63, 3.8) is 0 Å². The highest BCUT2D eigenvalue weighted by molar-refractivity contribution is 5.78. The maximum Gasteiger partial charge on any atom is 0.151 e. The zero-order chi connectivity index (χ0) is 11.3. The van der Waals surface area contributed by atoms with Crippen molar-refractivity contribution in [2.24, 2.45) is 0 Å². The maximum atomic E-state index is 14.3. The van der Waals surface area contributed by atoms with E-state index >= 15 is 0 Å². The molecule has 3 rings (SSSR count). The molecule has 0 nitrogen and oxygen atoms in total. The van der Waals surface area contributed by atoms with E-state index in [4.69, 9.17) is 0 Å². The van der Waals surface area contributed by atoms with Gasteiger partial charge in [-0.1, -0.05) is 47.5 Å². The van der Waals surface area contributed by atoms with Crippen LogP contribution in [-0.4, -0.2) is 0 Å². The van der Waals surface area contributed by atoms with E-state index in [0.717, 1.165) is 33.4 Å². The number of hydrogen-bond acceptors (Lipinski definition) is 0. The first-order valence-electron chi connectivity index (χ1n) is 5.52. The average Bonchev–Trinajstić information content (AvgIpc) is 2.53. The Morgan fingerprint density at radius 2 is 1.25 bits per heavy atom. The number of rotatable bonds is 0. The van der Waals surface area contributed by atoms with Crippen LogP contribution < -0.4 is 0 Å². The quantitative estimate of drug-likeness (QED) is 0.609. The van der Waals surface area contributed by atoms with Gasteiger partial charge in [0, 0.05) is 0 Å². The lowest BCUT2D eigenvalue weighted by Gasteiger charge is -2.03. The monoisotopic (exact) mass is 212 g/mol. The summed E-state index contributed by atoms with van der Waals surface area (Å²) < 4.78 is 14.3. The summed E-state index contributed by atoms with van der Waals surface area (Å²) >= 11 is 0. The second-order valence-electron chi connectivity index (χ2n) is 4.54. The lowest BCUT2D eigenvalue weighted by molar-refractivity contribution is 0.409. The standard InChI is InChI=1S/C15H13F/c1-9-3-5-11-12-6-4-10(2)8-14(12)15(16)13(11)7-9/h3-8,15H,1-2H3. The Hall–Kier alpha value is -1.63. The van der Waals surface area contributed by atoms with Crippen molar-refractivity contribution in [3.05, 3.63) is 58.7 Å². The van der Waals surface area contributed by atoms with Crippen LogP contribution in [-0.2, 0) is 0 Å². The van der Waals surface area contributed by atoms with Crippen LogP contribution >= 0.6 is 0 Å². The minimum atomic E-state index is -0.954. The summed E-state index contributed by atoms with van der Waals surface area (Å²) in [6.45, 7) is 4.00. The molecule has 0 aliphatic heterocycles. The van der Waals surface area contributed by atoms with Gasteiger partial charge in [-0.2, -0.15) is 0 Å². The van der Waals surface area contributed by atoms with Crippen LogP contribution in [0.5, 0.6) is 0 Å². The van der Waals surface area contributed by atoms with Crippen LogP contribution in [0.4, 0.5) is 4.39 Å².